The molecule has 0 saturated heterocycles. The van der Waals surface area contributed by atoms with Gasteiger partial charge in [0.25, 0.3) is 0 Å². The molecule has 5 nitrogen and oxygen atoms in total. The number of sulfone groups is 1. The van der Waals surface area contributed by atoms with E-state index in [1.54, 1.807) is 29.8 Å². The fraction of sp³-hybridized carbons (Fsp3) is 0.100. The van der Waals surface area contributed by atoms with Crippen molar-refractivity contribution < 1.29 is 8.42 Å². The van der Waals surface area contributed by atoms with Crippen LogP contribution in [0.1, 0.15) is 17.0 Å². The summed E-state index contributed by atoms with van der Waals surface area (Å²) in [5.74, 6) is 0. The van der Waals surface area contributed by atoms with Crippen molar-refractivity contribution in [3.63, 3.8) is 0 Å². The second-order valence-electron chi connectivity index (χ2n) is 5.77. The first-order chi connectivity index (χ1) is 12.4. The molecule has 0 unspecified atom stereocenters. The van der Waals surface area contributed by atoms with Crippen molar-refractivity contribution >= 4 is 15.9 Å². The molecule has 26 heavy (non-hydrogen) atoms. The summed E-state index contributed by atoms with van der Waals surface area (Å²) < 4.78 is 27.2. The molecule has 0 aliphatic heterocycles. The molecule has 0 aliphatic carbocycles. The Balaban J connectivity index is 2.12. The Labute approximate surface area is 152 Å². The molecule has 0 radical (unpaired) electrons. The number of aromatic nitrogens is 2. The summed E-state index contributed by atoms with van der Waals surface area (Å²) in [6.45, 7) is 3.64. The topological polar surface area (TPSA) is 75.8 Å². The number of hydrogen-bond acceptors (Lipinski definition) is 4. The lowest BCUT2D eigenvalue weighted by Crippen LogP contribution is -2.03. The Kier molecular flexibility index (Phi) is 4.74. The molecule has 130 valence electrons. The number of nitriles is 1. The van der Waals surface area contributed by atoms with E-state index in [1.165, 1.54) is 18.2 Å². The first-order valence-electron chi connectivity index (χ1n) is 7.98. The molecule has 0 saturated carbocycles. The van der Waals surface area contributed by atoms with Crippen LogP contribution in [0.5, 0.6) is 0 Å². The second-order valence-corrected chi connectivity index (χ2v) is 7.69. The highest BCUT2D eigenvalue weighted by molar-refractivity contribution is 7.95. The fourth-order valence-electron chi connectivity index (χ4n) is 2.71. The minimum atomic E-state index is -3.88. The van der Waals surface area contributed by atoms with E-state index >= 15 is 0 Å². The zero-order chi connectivity index (χ0) is 18.7. The van der Waals surface area contributed by atoms with Crippen LogP contribution in [-0.4, -0.2) is 18.2 Å². The maximum atomic E-state index is 12.7. The van der Waals surface area contributed by atoms with Gasteiger partial charge >= 0.3 is 0 Å². The minimum Gasteiger partial charge on any atom is -0.237 e. The van der Waals surface area contributed by atoms with E-state index in [4.69, 9.17) is 0 Å². The van der Waals surface area contributed by atoms with E-state index in [9.17, 15) is 13.7 Å². The SMILES string of the molecule is Cc1nn(-c2ccccc2)c(C)c1/C=C(\C#N)S(=O)(=O)c1ccccc1. The van der Waals surface area contributed by atoms with E-state index in [0.717, 1.165) is 11.4 Å². The van der Waals surface area contributed by atoms with Crippen LogP contribution in [0.15, 0.2) is 70.5 Å². The zero-order valence-corrected chi connectivity index (χ0v) is 15.2. The predicted molar refractivity (Wildman–Crippen MR) is 100 cm³/mol. The Hall–Kier alpha value is -3.17. The zero-order valence-electron chi connectivity index (χ0n) is 14.4. The summed E-state index contributed by atoms with van der Waals surface area (Å²) in [5.41, 5.74) is 2.93. The fourth-order valence-corrected chi connectivity index (χ4v) is 3.87. The van der Waals surface area contributed by atoms with E-state index < -0.39 is 9.84 Å². The largest absolute Gasteiger partial charge is 0.237 e. The van der Waals surface area contributed by atoms with Gasteiger partial charge in [-0.25, -0.2) is 13.1 Å². The molecule has 0 amide bonds. The second kappa shape index (κ2) is 6.98. The summed E-state index contributed by atoms with van der Waals surface area (Å²) in [6, 6.07) is 19.3. The maximum absolute atomic E-state index is 12.7. The van der Waals surface area contributed by atoms with Gasteiger partial charge in [-0.3, -0.25) is 0 Å². The Morgan fingerprint density at radius 1 is 1.04 bits per heavy atom. The van der Waals surface area contributed by atoms with Gasteiger partial charge < -0.3 is 0 Å². The maximum Gasteiger partial charge on any atom is 0.216 e. The summed E-state index contributed by atoms with van der Waals surface area (Å²) in [5, 5.41) is 14.0. The first-order valence-corrected chi connectivity index (χ1v) is 9.47. The van der Waals surface area contributed by atoms with Crippen molar-refractivity contribution in [1.82, 2.24) is 9.78 Å². The summed E-state index contributed by atoms with van der Waals surface area (Å²) in [7, 11) is -3.88. The van der Waals surface area contributed by atoms with Crippen LogP contribution in [0.2, 0.25) is 0 Å². The van der Waals surface area contributed by atoms with Gasteiger partial charge in [0.15, 0.2) is 0 Å². The lowest BCUT2D eigenvalue weighted by Gasteiger charge is -2.05. The van der Waals surface area contributed by atoms with Crippen molar-refractivity contribution in [2.45, 2.75) is 18.7 Å². The van der Waals surface area contributed by atoms with Crippen LogP contribution >= 0.6 is 0 Å². The van der Waals surface area contributed by atoms with Gasteiger partial charge in [0.2, 0.25) is 9.84 Å². The van der Waals surface area contributed by atoms with Crippen LogP contribution in [0.4, 0.5) is 0 Å². The van der Waals surface area contributed by atoms with Gasteiger partial charge in [0.05, 0.1) is 16.3 Å². The minimum absolute atomic E-state index is 0.0959. The van der Waals surface area contributed by atoms with Gasteiger partial charge in [-0.2, -0.15) is 10.4 Å². The van der Waals surface area contributed by atoms with Crippen molar-refractivity contribution in [1.29, 1.82) is 5.26 Å². The average Bonchev–Trinajstić information content (AvgIpc) is 2.95. The number of allylic oxidation sites excluding steroid dienone is 1. The van der Waals surface area contributed by atoms with Crippen molar-refractivity contribution in [2.24, 2.45) is 0 Å². The van der Waals surface area contributed by atoms with Gasteiger partial charge in [-0.1, -0.05) is 36.4 Å². The van der Waals surface area contributed by atoms with Crippen LogP contribution in [-0.2, 0) is 9.84 Å². The molecule has 0 aliphatic rings. The Morgan fingerprint density at radius 3 is 2.19 bits per heavy atom. The van der Waals surface area contributed by atoms with Crippen molar-refractivity contribution in [3.05, 3.63) is 82.5 Å². The highest BCUT2D eigenvalue weighted by atomic mass is 32.2. The van der Waals surface area contributed by atoms with Gasteiger partial charge in [0, 0.05) is 11.3 Å². The highest BCUT2D eigenvalue weighted by Crippen LogP contribution is 2.25. The monoisotopic (exact) mass is 363 g/mol. The van der Waals surface area contributed by atoms with Crippen molar-refractivity contribution in [2.75, 3.05) is 0 Å². The molecule has 3 rings (SSSR count). The van der Waals surface area contributed by atoms with E-state index in [0.29, 0.717) is 11.3 Å². The third-order valence-corrected chi connectivity index (χ3v) is 5.76. The molecule has 0 bridgehead atoms. The standard InChI is InChI=1S/C20H17N3O2S/c1-15-20(16(2)23(22-15)17-9-5-3-6-10-17)13-19(14-21)26(24,25)18-11-7-4-8-12-18/h3-13H,1-2H3/b19-13+. The average molecular weight is 363 g/mol. The molecule has 6 heteroatoms. The quantitative estimate of drug-likeness (QED) is 0.660. The molecule has 2 aromatic carbocycles. The highest BCUT2D eigenvalue weighted by Gasteiger charge is 2.22. The number of hydrogen-bond donors (Lipinski definition) is 0. The summed E-state index contributed by atoms with van der Waals surface area (Å²) >= 11 is 0. The van der Waals surface area contributed by atoms with Gasteiger partial charge in [-0.05, 0) is 44.2 Å². The first kappa shape index (κ1) is 17.6. The molecular formula is C20H17N3O2S. The van der Waals surface area contributed by atoms with E-state index in [-0.39, 0.29) is 9.80 Å². The van der Waals surface area contributed by atoms with Crippen LogP contribution in [0, 0.1) is 25.2 Å². The molecule has 0 atom stereocenters. The number of nitrogens with zero attached hydrogens (tertiary/aromatic N) is 3. The van der Waals surface area contributed by atoms with Crippen LogP contribution in [0.3, 0.4) is 0 Å². The van der Waals surface area contributed by atoms with Gasteiger partial charge in [0.1, 0.15) is 11.0 Å². The summed E-state index contributed by atoms with van der Waals surface area (Å²) in [6.07, 6.45) is 1.40. The number of benzene rings is 2. The van der Waals surface area contributed by atoms with Crippen LogP contribution < -0.4 is 0 Å². The van der Waals surface area contributed by atoms with Gasteiger partial charge in [-0.15, -0.1) is 0 Å². The molecule has 3 aromatic rings. The number of para-hydroxylation sites is 1. The van der Waals surface area contributed by atoms with Crippen molar-refractivity contribution in [3.8, 4) is 11.8 Å². The lowest BCUT2D eigenvalue weighted by atomic mass is 10.2. The third-order valence-electron chi connectivity index (χ3n) is 4.08. The molecule has 0 spiro atoms. The number of rotatable bonds is 4. The molecular weight excluding hydrogens is 346 g/mol. The summed E-state index contributed by atoms with van der Waals surface area (Å²) in [4.78, 5) is -0.207. The predicted octanol–water partition coefficient (Wildman–Crippen LogP) is 3.83. The lowest BCUT2D eigenvalue weighted by molar-refractivity contribution is 0.603. The third kappa shape index (κ3) is 3.17. The smallest absolute Gasteiger partial charge is 0.216 e. The Morgan fingerprint density at radius 2 is 1.62 bits per heavy atom. The van der Waals surface area contributed by atoms with E-state index in [1.807, 2.05) is 43.3 Å². The molecule has 1 heterocycles. The normalized spacial score (nSPS) is 12.0. The molecule has 1 aromatic heterocycles. The van der Waals surface area contributed by atoms with Crippen LogP contribution in [0.25, 0.3) is 11.8 Å². The van der Waals surface area contributed by atoms with E-state index in [2.05, 4.69) is 5.10 Å². The number of aryl methyl sites for hydroxylation is 1. The Bertz CT molecular complexity index is 1110. The molecule has 0 N–H and O–H groups in total. The molecule has 0 fully saturated rings.